The highest BCUT2D eigenvalue weighted by Gasteiger charge is 2.07. The predicted octanol–water partition coefficient (Wildman–Crippen LogP) is 3.07. The second-order valence-corrected chi connectivity index (χ2v) is 5.81. The summed E-state index contributed by atoms with van der Waals surface area (Å²) in [5.74, 6) is 0.257. The summed E-state index contributed by atoms with van der Waals surface area (Å²) in [5, 5.41) is 12.1. The van der Waals surface area contributed by atoms with Gasteiger partial charge in [0.05, 0.1) is 17.8 Å². The van der Waals surface area contributed by atoms with Gasteiger partial charge in [-0.3, -0.25) is 14.2 Å². The maximum Gasteiger partial charge on any atom is 0.247 e. The van der Waals surface area contributed by atoms with E-state index in [-0.39, 0.29) is 12.5 Å². The van der Waals surface area contributed by atoms with Gasteiger partial charge in [0.1, 0.15) is 6.54 Å². The molecule has 8 heteroatoms. The summed E-state index contributed by atoms with van der Waals surface area (Å²) < 4.78 is 3.19. The molecule has 0 bridgehead atoms. The van der Waals surface area contributed by atoms with Crippen molar-refractivity contribution in [1.29, 1.82) is 0 Å². The van der Waals surface area contributed by atoms with Crippen molar-refractivity contribution in [1.82, 2.24) is 19.6 Å². The van der Waals surface area contributed by atoms with E-state index in [1.54, 1.807) is 23.1 Å². The lowest BCUT2D eigenvalue weighted by atomic mass is 10.2. The van der Waals surface area contributed by atoms with E-state index in [4.69, 9.17) is 23.2 Å². The molecule has 0 aliphatic carbocycles. The number of aromatic nitrogens is 4. The Morgan fingerprint density at radius 1 is 1.17 bits per heavy atom. The number of amides is 1. The molecule has 1 amide bonds. The maximum atomic E-state index is 11.9. The molecule has 0 radical (unpaired) electrons. The average Bonchev–Trinajstić information content (AvgIpc) is 3.08. The molecule has 0 aliphatic rings. The Morgan fingerprint density at radius 2 is 2.04 bits per heavy atom. The Morgan fingerprint density at radius 3 is 2.78 bits per heavy atom. The summed E-state index contributed by atoms with van der Waals surface area (Å²) in [6, 6.07) is 9.29. The standard InChI is InChI=1S/C15H13Cl2N5O/c16-12-3-1-2-11(6-12)8-21-5-4-14(20-21)19-15(23)10-22-9-13(17)7-18-22/h1-7,9H,8,10H2,(H,19,20,23). The van der Waals surface area contributed by atoms with Gasteiger partial charge in [0.15, 0.2) is 5.82 Å². The van der Waals surface area contributed by atoms with E-state index in [2.05, 4.69) is 15.5 Å². The molecule has 0 fully saturated rings. The van der Waals surface area contributed by atoms with Crippen LogP contribution in [0.3, 0.4) is 0 Å². The molecule has 1 aromatic carbocycles. The quantitative estimate of drug-likeness (QED) is 0.769. The van der Waals surface area contributed by atoms with Crippen LogP contribution in [-0.2, 0) is 17.9 Å². The van der Waals surface area contributed by atoms with E-state index < -0.39 is 0 Å². The Balaban J connectivity index is 1.59. The largest absolute Gasteiger partial charge is 0.308 e. The van der Waals surface area contributed by atoms with Crippen molar-refractivity contribution in [2.45, 2.75) is 13.1 Å². The van der Waals surface area contributed by atoms with Gasteiger partial charge in [-0.05, 0) is 17.7 Å². The van der Waals surface area contributed by atoms with Gasteiger partial charge in [0.25, 0.3) is 0 Å². The van der Waals surface area contributed by atoms with Gasteiger partial charge in [-0.15, -0.1) is 0 Å². The first-order valence-corrected chi connectivity index (χ1v) is 7.60. The van der Waals surface area contributed by atoms with Crippen molar-refractivity contribution >= 4 is 34.9 Å². The van der Waals surface area contributed by atoms with E-state index >= 15 is 0 Å². The summed E-state index contributed by atoms with van der Waals surface area (Å²) in [4.78, 5) is 11.9. The molecule has 3 rings (SSSR count). The highest BCUT2D eigenvalue weighted by molar-refractivity contribution is 6.30. The van der Waals surface area contributed by atoms with Gasteiger partial charge >= 0.3 is 0 Å². The molecule has 0 spiro atoms. The van der Waals surface area contributed by atoms with Crippen LogP contribution in [0.1, 0.15) is 5.56 Å². The SMILES string of the molecule is O=C(Cn1cc(Cl)cn1)Nc1ccn(Cc2cccc(Cl)c2)n1. The Kier molecular flexibility index (Phi) is 4.64. The molecule has 2 aromatic heterocycles. The zero-order valence-corrected chi connectivity index (χ0v) is 13.5. The van der Waals surface area contributed by atoms with E-state index in [1.165, 1.54) is 10.9 Å². The first-order valence-electron chi connectivity index (χ1n) is 6.84. The number of carbonyl (C=O) groups is 1. The van der Waals surface area contributed by atoms with Crippen LogP contribution in [0.15, 0.2) is 48.9 Å². The molecule has 0 aliphatic heterocycles. The summed E-state index contributed by atoms with van der Waals surface area (Å²) in [6.07, 6.45) is 4.86. The lowest BCUT2D eigenvalue weighted by Crippen LogP contribution is -2.19. The fourth-order valence-corrected chi connectivity index (χ4v) is 2.46. The molecule has 6 nitrogen and oxygen atoms in total. The number of anilines is 1. The van der Waals surface area contributed by atoms with E-state index in [0.717, 1.165) is 5.56 Å². The minimum absolute atomic E-state index is 0.0773. The third-order valence-electron chi connectivity index (χ3n) is 3.05. The third-order valence-corrected chi connectivity index (χ3v) is 3.48. The van der Waals surface area contributed by atoms with Crippen molar-refractivity contribution in [3.8, 4) is 0 Å². The molecule has 0 saturated carbocycles. The summed E-state index contributed by atoms with van der Waals surface area (Å²) in [6.45, 7) is 0.652. The smallest absolute Gasteiger partial charge is 0.247 e. The van der Waals surface area contributed by atoms with Crippen LogP contribution in [0.5, 0.6) is 0 Å². The molecular weight excluding hydrogens is 337 g/mol. The Labute approximate surface area is 142 Å². The molecule has 0 saturated heterocycles. The van der Waals surface area contributed by atoms with Crippen LogP contribution >= 0.6 is 23.2 Å². The van der Waals surface area contributed by atoms with Crippen LogP contribution in [0, 0.1) is 0 Å². The van der Waals surface area contributed by atoms with Crippen molar-refractivity contribution in [3.63, 3.8) is 0 Å². The van der Waals surface area contributed by atoms with Gasteiger partial charge < -0.3 is 5.32 Å². The zero-order chi connectivity index (χ0) is 16.2. The normalized spacial score (nSPS) is 10.7. The van der Waals surface area contributed by atoms with Crippen LogP contribution in [-0.4, -0.2) is 25.5 Å². The minimum atomic E-state index is -0.224. The number of hydrogen-bond donors (Lipinski definition) is 1. The number of nitrogens with one attached hydrogen (secondary N) is 1. The number of benzene rings is 1. The Bertz CT molecular complexity index is 827. The maximum absolute atomic E-state index is 11.9. The van der Waals surface area contributed by atoms with Gasteiger partial charge in [0.2, 0.25) is 5.91 Å². The van der Waals surface area contributed by atoms with Gasteiger partial charge in [-0.25, -0.2) is 0 Å². The first kappa shape index (κ1) is 15.6. The number of halogens is 2. The second-order valence-electron chi connectivity index (χ2n) is 4.93. The molecular formula is C15H13Cl2N5O. The zero-order valence-electron chi connectivity index (χ0n) is 12.0. The lowest BCUT2D eigenvalue weighted by molar-refractivity contribution is -0.116. The highest BCUT2D eigenvalue weighted by Crippen LogP contribution is 2.12. The fourth-order valence-electron chi connectivity index (χ4n) is 2.09. The lowest BCUT2D eigenvalue weighted by Gasteiger charge is -2.03. The van der Waals surface area contributed by atoms with Crippen molar-refractivity contribution in [3.05, 3.63) is 64.5 Å². The van der Waals surface area contributed by atoms with Gasteiger partial charge in [-0.1, -0.05) is 35.3 Å². The van der Waals surface area contributed by atoms with Gasteiger partial charge in [0, 0.05) is 23.5 Å². The second kappa shape index (κ2) is 6.85. The first-order chi connectivity index (χ1) is 11.1. The number of rotatable bonds is 5. The molecule has 118 valence electrons. The average molecular weight is 350 g/mol. The van der Waals surface area contributed by atoms with Crippen molar-refractivity contribution in [2.75, 3.05) is 5.32 Å². The van der Waals surface area contributed by atoms with Crippen molar-refractivity contribution in [2.24, 2.45) is 0 Å². The summed E-state index contributed by atoms with van der Waals surface area (Å²) in [5.41, 5.74) is 1.03. The van der Waals surface area contributed by atoms with E-state index in [1.807, 2.05) is 24.3 Å². The monoisotopic (exact) mass is 349 g/mol. The predicted molar refractivity (Wildman–Crippen MR) is 88.6 cm³/mol. The van der Waals surface area contributed by atoms with Crippen LogP contribution in [0.2, 0.25) is 10.0 Å². The van der Waals surface area contributed by atoms with E-state index in [0.29, 0.717) is 22.4 Å². The van der Waals surface area contributed by atoms with Gasteiger partial charge in [-0.2, -0.15) is 10.2 Å². The van der Waals surface area contributed by atoms with Crippen molar-refractivity contribution < 1.29 is 4.79 Å². The highest BCUT2D eigenvalue weighted by atomic mass is 35.5. The topological polar surface area (TPSA) is 64.7 Å². The molecule has 0 atom stereocenters. The Hall–Kier alpha value is -2.31. The van der Waals surface area contributed by atoms with Crippen LogP contribution in [0.4, 0.5) is 5.82 Å². The summed E-state index contributed by atoms with van der Waals surface area (Å²) >= 11 is 11.7. The minimum Gasteiger partial charge on any atom is -0.308 e. The van der Waals surface area contributed by atoms with Crippen LogP contribution in [0.25, 0.3) is 0 Å². The number of hydrogen-bond acceptors (Lipinski definition) is 3. The number of carbonyl (C=O) groups excluding carboxylic acids is 1. The number of nitrogens with zero attached hydrogens (tertiary/aromatic N) is 4. The van der Waals surface area contributed by atoms with Crippen LogP contribution < -0.4 is 5.32 Å². The molecule has 0 unspecified atom stereocenters. The molecule has 1 N–H and O–H groups in total. The third kappa shape index (κ3) is 4.34. The molecule has 2 heterocycles. The molecule has 3 aromatic rings. The summed E-state index contributed by atoms with van der Waals surface area (Å²) in [7, 11) is 0. The fraction of sp³-hybridized carbons (Fsp3) is 0.133. The van der Waals surface area contributed by atoms with E-state index in [9.17, 15) is 4.79 Å². The molecule has 23 heavy (non-hydrogen) atoms.